The fourth-order valence-electron chi connectivity index (χ4n) is 3.43. The number of carbonyl (C=O) groups is 2. The fourth-order valence-corrected chi connectivity index (χ4v) is 3.94. The van der Waals surface area contributed by atoms with Crippen molar-refractivity contribution < 1.29 is 24.5 Å². The average Bonchev–Trinajstić information content (AvgIpc) is 2.65. The number of hydrogen-bond acceptors (Lipinski definition) is 3. The Morgan fingerprint density at radius 3 is 1.96 bits per heavy atom. The molecule has 0 aliphatic rings. The van der Waals surface area contributed by atoms with Crippen LogP contribution < -0.4 is 4.74 Å². The Hall–Kier alpha value is -2.24. The highest BCUT2D eigenvalue weighted by atomic mass is 35.5. The van der Waals surface area contributed by atoms with Gasteiger partial charge in [0.05, 0.1) is 0 Å². The molecule has 0 aliphatic carbocycles. The van der Waals surface area contributed by atoms with Crippen LogP contribution in [-0.4, -0.2) is 22.2 Å². The van der Waals surface area contributed by atoms with E-state index >= 15 is 0 Å². The second kappa shape index (κ2) is 9.30. The number of carboxylic acids is 2. The molecule has 0 saturated heterocycles. The van der Waals surface area contributed by atoms with Gasteiger partial charge in [-0.1, -0.05) is 55.2 Å². The van der Waals surface area contributed by atoms with E-state index in [4.69, 9.17) is 27.9 Å². The minimum absolute atomic E-state index is 0.0145. The van der Waals surface area contributed by atoms with Crippen LogP contribution in [0.15, 0.2) is 42.5 Å². The van der Waals surface area contributed by atoms with Crippen molar-refractivity contribution in [3.8, 4) is 5.75 Å². The summed E-state index contributed by atoms with van der Waals surface area (Å²) in [6.07, 6.45) is 0.362. The molecule has 0 radical (unpaired) electrons. The van der Waals surface area contributed by atoms with E-state index < -0.39 is 23.3 Å². The van der Waals surface area contributed by atoms with E-state index in [0.717, 1.165) is 0 Å². The van der Waals surface area contributed by atoms with E-state index in [1.807, 2.05) is 0 Å². The molecule has 2 N–H and O–H groups in total. The van der Waals surface area contributed by atoms with Gasteiger partial charge in [0.25, 0.3) is 0 Å². The zero-order valence-electron chi connectivity index (χ0n) is 15.6. The van der Waals surface area contributed by atoms with E-state index in [2.05, 4.69) is 0 Å². The molecule has 1 unspecified atom stereocenters. The van der Waals surface area contributed by atoms with Gasteiger partial charge in [0, 0.05) is 21.5 Å². The van der Waals surface area contributed by atoms with Gasteiger partial charge in [-0.15, -0.1) is 0 Å². The maximum atomic E-state index is 11.8. The second-order valence-corrected chi connectivity index (χ2v) is 7.27. The number of carboxylic acid groups (broad SMARTS) is 2. The van der Waals surface area contributed by atoms with Crippen LogP contribution in [0, 0.1) is 5.41 Å². The summed E-state index contributed by atoms with van der Waals surface area (Å²) in [5.41, 5.74) is -0.567. The monoisotopic (exact) mass is 424 g/mol. The quantitative estimate of drug-likeness (QED) is 0.509. The number of ether oxygens (including phenoxy) is 1. The van der Waals surface area contributed by atoms with Gasteiger partial charge in [-0.2, -0.15) is 0 Å². The maximum absolute atomic E-state index is 11.8. The van der Waals surface area contributed by atoms with Crippen LogP contribution in [0.5, 0.6) is 5.75 Å². The van der Waals surface area contributed by atoms with Crippen LogP contribution in [0.3, 0.4) is 0 Å². The highest BCUT2D eigenvalue weighted by molar-refractivity contribution is 6.35. The molecule has 2 rings (SSSR count). The highest BCUT2D eigenvalue weighted by Crippen LogP contribution is 2.42. The van der Waals surface area contributed by atoms with E-state index in [1.165, 1.54) is 0 Å². The number of hydrogen-bond donors (Lipinski definition) is 2. The van der Waals surface area contributed by atoms with Crippen molar-refractivity contribution in [1.82, 2.24) is 0 Å². The predicted octanol–water partition coefficient (Wildman–Crippen LogP) is 5.63. The first-order valence-corrected chi connectivity index (χ1v) is 9.65. The molecule has 5 nitrogen and oxygen atoms in total. The van der Waals surface area contributed by atoms with Crippen LogP contribution in [0.25, 0.3) is 0 Å². The van der Waals surface area contributed by atoms with Gasteiger partial charge in [0.1, 0.15) is 12.4 Å². The molecule has 0 amide bonds. The number of benzene rings is 2. The molecule has 1 atom stereocenters. The van der Waals surface area contributed by atoms with Crippen LogP contribution in [0.1, 0.15) is 43.7 Å². The largest absolute Gasteiger partial charge is 0.489 e. The van der Waals surface area contributed by atoms with Crippen molar-refractivity contribution in [2.24, 2.45) is 5.41 Å². The van der Waals surface area contributed by atoms with Crippen LogP contribution in [-0.2, 0) is 16.2 Å². The Morgan fingerprint density at radius 2 is 1.54 bits per heavy atom. The lowest BCUT2D eigenvalue weighted by atomic mass is 9.69. The Balaban J connectivity index is 2.24. The van der Waals surface area contributed by atoms with Crippen molar-refractivity contribution in [2.45, 2.75) is 39.2 Å². The van der Waals surface area contributed by atoms with Crippen LogP contribution >= 0.6 is 23.2 Å². The molecule has 0 spiro atoms. The molecule has 150 valence electrons. The molecule has 0 aromatic heterocycles. The minimum atomic E-state index is -1.87. The van der Waals surface area contributed by atoms with Crippen molar-refractivity contribution in [3.05, 3.63) is 63.6 Å². The molecule has 2 aromatic rings. The lowest BCUT2D eigenvalue weighted by Crippen LogP contribution is -2.44. The van der Waals surface area contributed by atoms with Crippen LogP contribution in [0.2, 0.25) is 10.0 Å². The molecule has 0 heterocycles. The topological polar surface area (TPSA) is 83.8 Å². The summed E-state index contributed by atoms with van der Waals surface area (Å²) in [5.74, 6) is -2.78. The molecule has 0 fully saturated rings. The Labute approximate surface area is 173 Å². The van der Waals surface area contributed by atoms with Crippen molar-refractivity contribution in [1.29, 1.82) is 0 Å². The van der Waals surface area contributed by atoms with Gasteiger partial charge >= 0.3 is 11.9 Å². The van der Waals surface area contributed by atoms with Crippen molar-refractivity contribution in [2.75, 3.05) is 0 Å². The second-order valence-electron chi connectivity index (χ2n) is 6.45. The number of halogens is 2. The van der Waals surface area contributed by atoms with E-state index in [9.17, 15) is 19.8 Å². The summed E-state index contributed by atoms with van der Waals surface area (Å²) in [5, 5.41) is 20.3. The molecular weight excluding hydrogens is 403 g/mol. The summed E-state index contributed by atoms with van der Waals surface area (Å²) in [7, 11) is 0. The lowest BCUT2D eigenvalue weighted by Gasteiger charge is -2.32. The predicted molar refractivity (Wildman–Crippen MR) is 108 cm³/mol. The SMILES string of the molecule is CCC(c1ccc(OCc2c(Cl)cccc2Cl)cc1)C(CC)(C(=O)O)C(=O)O. The first-order valence-electron chi connectivity index (χ1n) is 8.90. The molecule has 0 aliphatic heterocycles. The van der Waals surface area contributed by atoms with Crippen molar-refractivity contribution >= 4 is 35.1 Å². The molecule has 0 bridgehead atoms. The lowest BCUT2D eigenvalue weighted by molar-refractivity contribution is -0.167. The van der Waals surface area contributed by atoms with Crippen LogP contribution in [0.4, 0.5) is 0 Å². The zero-order chi connectivity index (χ0) is 20.9. The van der Waals surface area contributed by atoms with Gasteiger partial charge in [-0.3, -0.25) is 9.59 Å². The van der Waals surface area contributed by atoms with E-state index in [0.29, 0.717) is 33.3 Å². The normalized spacial score (nSPS) is 12.4. The highest BCUT2D eigenvalue weighted by Gasteiger charge is 2.51. The number of aliphatic carboxylic acids is 2. The summed E-state index contributed by atoms with van der Waals surface area (Å²) >= 11 is 12.3. The third kappa shape index (κ3) is 4.26. The van der Waals surface area contributed by atoms with Crippen molar-refractivity contribution in [3.63, 3.8) is 0 Å². The van der Waals surface area contributed by atoms with E-state index in [1.54, 1.807) is 56.3 Å². The average molecular weight is 425 g/mol. The summed E-state index contributed by atoms with van der Waals surface area (Å²) in [6.45, 7) is 3.54. The summed E-state index contributed by atoms with van der Waals surface area (Å²) < 4.78 is 5.73. The first kappa shape index (κ1) is 22.1. The molecule has 2 aromatic carbocycles. The van der Waals surface area contributed by atoms with Gasteiger partial charge in [0.2, 0.25) is 0 Å². The molecular formula is C21H22Cl2O5. The third-order valence-corrected chi connectivity index (χ3v) is 5.76. The van der Waals surface area contributed by atoms with Gasteiger partial charge in [0.15, 0.2) is 5.41 Å². The Bertz CT molecular complexity index is 814. The molecule has 7 heteroatoms. The number of rotatable bonds is 9. The standard InChI is InChI=1S/C21H22Cl2O5/c1-3-16(21(4-2,19(24)25)20(26)27)13-8-10-14(11-9-13)28-12-15-17(22)6-5-7-18(15)23/h5-11,16H,3-4,12H2,1-2H3,(H,24,25)(H,26,27). The molecule has 0 saturated carbocycles. The van der Waals surface area contributed by atoms with Gasteiger partial charge < -0.3 is 14.9 Å². The van der Waals surface area contributed by atoms with E-state index in [-0.39, 0.29) is 13.0 Å². The zero-order valence-corrected chi connectivity index (χ0v) is 17.1. The third-order valence-electron chi connectivity index (χ3n) is 5.05. The molecule has 28 heavy (non-hydrogen) atoms. The van der Waals surface area contributed by atoms with Gasteiger partial charge in [-0.05, 0) is 42.7 Å². The minimum Gasteiger partial charge on any atom is -0.489 e. The Morgan fingerprint density at radius 1 is 1.00 bits per heavy atom. The Kier molecular flexibility index (Phi) is 7.33. The summed E-state index contributed by atoms with van der Waals surface area (Å²) in [6, 6.07) is 12.0. The smallest absolute Gasteiger partial charge is 0.321 e. The fraction of sp³-hybridized carbons (Fsp3) is 0.333. The first-order chi connectivity index (χ1) is 13.3. The van der Waals surface area contributed by atoms with Gasteiger partial charge in [-0.25, -0.2) is 0 Å². The summed E-state index contributed by atoms with van der Waals surface area (Å²) in [4.78, 5) is 23.7. The maximum Gasteiger partial charge on any atom is 0.321 e.